The lowest BCUT2D eigenvalue weighted by atomic mass is 9.93. The standard InChI is InChI=1S/C28H43N3O4Si/c1-22(27(33)30-34)17-18-25(23-13-9-7-10-14-23)29-21-26(32)31(24-15-11-8-12-16-24)19-20-35-36(5,6)28(2,3)4/h8,11-12,15-18,29,34H,1,7,9-10,13-14,19-21H2,2-6H3,(H,30,33)/b18-17-. The molecule has 1 aromatic rings. The topological polar surface area (TPSA) is 90.9 Å². The molecule has 0 atom stereocenters. The fourth-order valence-electron chi connectivity index (χ4n) is 3.76. The Bertz CT molecular complexity index is 957. The molecule has 0 heterocycles. The SMILES string of the molecule is C=C(/C=C\C(NCC(=O)N(CCO[Si](C)(C)C(C)(C)C)c1ccccc1)=C1CCCCC1)C(=O)NO. The molecular formula is C28H43N3O4Si. The molecule has 0 aliphatic heterocycles. The quantitative estimate of drug-likeness (QED) is 0.120. The average molecular weight is 514 g/mol. The van der Waals surface area contributed by atoms with Crippen LogP contribution in [-0.4, -0.2) is 45.0 Å². The zero-order valence-corrected chi connectivity index (χ0v) is 23.5. The number of benzene rings is 1. The van der Waals surface area contributed by atoms with Gasteiger partial charge in [0.1, 0.15) is 0 Å². The predicted octanol–water partition coefficient (Wildman–Crippen LogP) is 5.47. The summed E-state index contributed by atoms with van der Waals surface area (Å²) < 4.78 is 6.35. The summed E-state index contributed by atoms with van der Waals surface area (Å²) >= 11 is 0. The van der Waals surface area contributed by atoms with E-state index in [1.807, 2.05) is 30.3 Å². The van der Waals surface area contributed by atoms with Crippen LogP contribution in [0, 0.1) is 0 Å². The fourth-order valence-corrected chi connectivity index (χ4v) is 4.80. The molecule has 2 rings (SSSR count). The molecule has 0 radical (unpaired) electrons. The average Bonchev–Trinajstić information content (AvgIpc) is 2.86. The summed E-state index contributed by atoms with van der Waals surface area (Å²) in [6, 6.07) is 9.65. The van der Waals surface area contributed by atoms with Crippen molar-refractivity contribution < 1.29 is 19.2 Å². The largest absolute Gasteiger partial charge is 0.415 e. The van der Waals surface area contributed by atoms with E-state index in [-0.39, 0.29) is 23.1 Å². The molecule has 0 saturated heterocycles. The number of allylic oxidation sites excluding steroid dienone is 2. The summed E-state index contributed by atoms with van der Waals surface area (Å²) in [5.74, 6) is -0.721. The summed E-state index contributed by atoms with van der Waals surface area (Å²) in [4.78, 5) is 26.8. The second-order valence-corrected chi connectivity index (χ2v) is 15.5. The van der Waals surface area contributed by atoms with Crippen molar-refractivity contribution in [3.05, 3.63) is 65.9 Å². The molecule has 0 bridgehead atoms. The van der Waals surface area contributed by atoms with Crippen molar-refractivity contribution in [3.8, 4) is 0 Å². The van der Waals surface area contributed by atoms with Gasteiger partial charge in [-0.25, -0.2) is 5.48 Å². The molecule has 1 saturated carbocycles. The second kappa shape index (κ2) is 13.6. The van der Waals surface area contributed by atoms with Crippen LogP contribution >= 0.6 is 0 Å². The van der Waals surface area contributed by atoms with Gasteiger partial charge in [0.25, 0.3) is 5.91 Å². The maximum Gasteiger partial charge on any atom is 0.274 e. The minimum absolute atomic E-state index is 0.0609. The van der Waals surface area contributed by atoms with E-state index in [9.17, 15) is 9.59 Å². The van der Waals surface area contributed by atoms with Gasteiger partial charge in [0, 0.05) is 23.5 Å². The highest BCUT2D eigenvalue weighted by Gasteiger charge is 2.37. The van der Waals surface area contributed by atoms with Gasteiger partial charge in [-0.3, -0.25) is 14.8 Å². The Morgan fingerprint density at radius 3 is 2.33 bits per heavy atom. The van der Waals surface area contributed by atoms with Crippen molar-refractivity contribution >= 4 is 25.8 Å². The zero-order chi connectivity index (χ0) is 26.8. The third-order valence-corrected chi connectivity index (χ3v) is 11.6. The Balaban J connectivity index is 2.16. The van der Waals surface area contributed by atoms with Gasteiger partial charge >= 0.3 is 0 Å². The second-order valence-electron chi connectivity index (χ2n) is 10.7. The van der Waals surface area contributed by atoms with Crippen molar-refractivity contribution in [2.24, 2.45) is 0 Å². The van der Waals surface area contributed by atoms with Gasteiger partial charge in [-0.2, -0.15) is 0 Å². The van der Waals surface area contributed by atoms with Crippen LogP contribution in [0.15, 0.2) is 65.9 Å². The lowest BCUT2D eigenvalue weighted by molar-refractivity contribution is -0.124. The van der Waals surface area contributed by atoms with Crippen LogP contribution in [0.25, 0.3) is 0 Å². The van der Waals surface area contributed by atoms with E-state index >= 15 is 0 Å². The van der Waals surface area contributed by atoms with Crippen LogP contribution in [-0.2, 0) is 14.0 Å². The molecule has 0 unspecified atom stereocenters. The Morgan fingerprint density at radius 1 is 1.11 bits per heavy atom. The van der Waals surface area contributed by atoms with Gasteiger partial charge in [-0.1, -0.05) is 52.0 Å². The molecule has 8 heteroatoms. The molecule has 1 fully saturated rings. The number of hydroxylamine groups is 1. The molecular weight excluding hydrogens is 470 g/mol. The zero-order valence-electron chi connectivity index (χ0n) is 22.5. The molecule has 198 valence electrons. The van der Waals surface area contributed by atoms with Crippen LogP contribution in [0.3, 0.4) is 0 Å². The number of para-hydroxylation sites is 1. The van der Waals surface area contributed by atoms with Crippen LogP contribution < -0.4 is 15.7 Å². The number of carbonyl (C=O) groups excluding carboxylic acids is 2. The molecule has 2 amide bonds. The smallest absolute Gasteiger partial charge is 0.274 e. The van der Waals surface area contributed by atoms with E-state index in [2.05, 4.69) is 45.8 Å². The number of amides is 2. The monoisotopic (exact) mass is 513 g/mol. The highest BCUT2D eigenvalue weighted by atomic mass is 28.4. The first kappa shape index (κ1) is 29.5. The third-order valence-electron chi connectivity index (χ3n) is 7.07. The summed E-state index contributed by atoms with van der Waals surface area (Å²) in [5.41, 5.74) is 4.62. The maximum absolute atomic E-state index is 13.4. The van der Waals surface area contributed by atoms with Crippen molar-refractivity contribution in [1.29, 1.82) is 0 Å². The minimum Gasteiger partial charge on any atom is -0.415 e. The number of hydrogen-bond acceptors (Lipinski definition) is 5. The van der Waals surface area contributed by atoms with E-state index in [1.165, 1.54) is 12.0 Å². The summed E-state index contributed by atoms with van der Waals surface area (Å²) in [6.45, 7) is 15.8. The molecule has 36 heavy (non-hydrogen) atoms. The minimum atomic E-state index is -1.93. The van der Waals surface area contributed by atoms with Gasteiger partial charge in [0.15, 0.2) is 8.32 Å². The molecule has 1 aliphatic rings. The summed E-state index contributed by atoms with van der Waals surface area (Å²) in [5, 5.41) is 12.3. The number of anilines is 1. The normalized spacial score (nSPS) is 14.4. The predicted molar refractivity (Wildman–Crippen MR) is 148 cm³/mol. The summed E-state index contributed by atoms with van der Waals surface area (Å²) in [7, 11) is -1.93. The molecule has 1 aromatic carbocycles. The molecule has 7 nitrogen and oxygen atoms in total. The molecule has 0 spiro atoms. The van der Waals surface area contributed by atoms with Crippen LogP contribution in [0.4, 0.5) is 5.69 Å². The highest BCUT2D eigenvalue weighted by Crippen LogP contribution is 2.36. The van der Waals surface area contributed by atoms with Gasteiger partial charge in [0.2, 0.25) is 5.91 Å². The van der Waals surface area contributed by atoms with Gasteiger partial charge in [-0.15, -0.1) is 0 Å². The van der Waals surface area contributed by atoms with E-state index in [0.717, 1.165) is 37.1 Å². The summed E-state index contributed by atoms with van der Waals surface area (Å²) in [6.07, 6.45) is 8.61. The first-order chi connectivity index (χ1) is 17.0. The Labute approximate surface area is 217 Å². The third kappa shape index (κ3) is 8.76. The number of hydrogen-bond donors (Lipinski definition) is 3. The van der Waals surface area contributed by atoms with E-state index in [0.29, 0.717) is 13.2 Å². The Kier molecular flexibility index (Phi) is 11.1. The fraction of sp³-hybridized carbons (Fsp3) is 0.500. The van der Waals surface area contributed by atoms with Gasteiger partial charge in [0.05, 0.1) is 13.2 Å². The first-order valence-corrected chi connectivity index (χ1v) is 15.6. The number of nitrogens with zero attached hydrogens (tertiary/aromatic N) is 1. The van der Waals surface area contributed by atoms with E-state index in [4.69, 9.17) is 9.63 Å². The number of carbonyl (C=O) groups is 2. The molecule has 0 aromatic heterocycles. The van der Waals surface area contributed by atoms with E-state index < -0.39 is 14.2 Å². The van der Waals surface area contributed by atoms with Crippen LogP contribution in [0.2, 0.25) is 18.1 Å². The Hall–Kier alpha value is -2.68. The van der Waals surface area contributed by atoms with E-state index in [1.54, 1.807) is 22.5 Å². The van der Waals surface area contributed by atoms with Gasteiger partial charge < -0.3 is 14.6 Å². The molecule has 1 aliphatic carbocycles. The first-order valence-electron chi connectivity index (χ1n) is 12.7. The van der Waals surface area contributed by atoms with Gasteiger partial charge in [-0.05, 0) is 73.7 Å². The highest BCUT2D eigenvalue weighted by molar-refractivity contribution is 6.74. The van der Waals surface area contributed by atoms with Crippen LogP contribution in [0.5, 0.6) is 0 Å². The van der Waals surface area contributed by atoms with Crippen LogP contribution in [0.1, 0.15) is 52.9 Å². The lowest BCUT2D eigenvalue weighted by Gasteiger charge is -2.37. The van der Waals surface area contributed by atoms with Crippen molar-refractivity contribution in [2.45, 2.75) is 71.0 Å². The van der Waals surface area contributed by atoms with Crippen molar-refractivity contribution in [2.75, 3.05) is 24.6 Å². The number of rotatable bonds is 11. The Morgan fingerprint density at radius 2 is 1.75 bits per heavy atom. The maximum atomic E-state index is 13.4. The van der Waals surface area contributed by atoms with Crippen molar-refractivity contribution in [3.63, 3.8) is 0 Å². The number of nitrogens with one attached hydrogen (secondary N) is 2. The molecule has 3 N–H and O–H groups in total. The lowest BCUT2D eigenvalue weighted by Crippen LogP contribution is -2.45. The van der Waals surface area contributed by atoms with Crippen molar-refractivity contribution in [1.82, 2.24) is 10.8 Å².